The Labute approximate surface area is 165 Å². The highest BCUT2D eigenvalue weighted by atomic mass is 32.2. The maximum atomic E-state index is 12.7. The number of benzene rings is 1. The van der Waals surface area contributed by atoms with Crippen molar-refractivity contribution in [2.75, 3.05) is 20.7 Å². The van der Waals surface area contributed by atoms with Crippen molar-refractivity contribution in [2.45, 2.75) is 25.3 Å². The van der Waals surface area contributed by atoms with Gasteiger partial charge in [-0.2, -0.15) is 4.72 Å². The third kappa shape index (κ3) is 4.68. The predicted octanol–water partition coefficient (Wildman–Crippen LogP) is 1.89. The number of carbonyl (C=O) groups is 1. The van der Waals surface area contributed by atoms with E-state index in [4.69, 9.17) is 11.2 Å². The molecule has 2 rings (SSSR count). The zero-order valence-electron chi connectivity index (χ0n) is 16.3. The largest absolute Gasteiger partial charge is 0.496 e. The van der Waals surface area contributed by atoms with Crippen LogP contribution in [0, 0.1) is 26.2 Å². The van der Waals surface area contributed by atoms with E-state index in [0.717, 1.165) is 22.6 Å². The molecule has 1 aromatic heterocycles. The van der Waals surface area contributed by atoms with Gasteiger partial charge in [-0.15, -0.1) is 6.42 Å². The monoisotopic (exact) mass is 401 g/mol. The van der Waals surface area contributed by atoms with E-state index >= 15 is 0 Å². The minimum atomic E-state index is -3.69. The molecule has 0 bridgehead atoms. The van der Waals surface area contributed by atoms with Crippen molar-refractivity contribution >= 4 is 15.9 Å². The number of hydrogen-bond donors (Lipinski definition) is 1. The average molecular weight is 401 g/mol. The lowest BCUT2D eigenvalue weighted by Gasteiger charge is -2.19. The lowest BCUT2D eigenvalue weighted by Crippen LogP contribution is -2.27. The van der Waals surface area contributed by atoms with Crippen molar-refractivity contribution < 1.29 is 17.9 Å². The molecule has 0 atom stereocenters. The standard InChI is InChI=1S/C20H23N3O4S/c1-6-11-22-28(25,26)17-9-7-16(8-10-17)20(24)23(4)13-18-15(3)19(27-5)14(2)12-21-18/h1,7-10,12,22H,11,13H2,2-5H3. The number of hydrogen-bond acceptors (Lipinski definition) is 5. The van der Waals surface area contributed by atoms with Crippen LogP contribution < -0.4 is 9.46 Å². The molecule has 0 fully saturated rings. The molecular weight excluding hydrogens is 378 g/mol. The Morgan fingerprint density at radius 3 is 2.50 bits per heavy atom. The van der Waals surface area contributed by atoms with Gasteiger partial charge in [-0.1, -0.05) is 5.92 Å². The Bertz CT molecular complexity index is 1010. The third-order valence-electron chi connectivity index (χ3n) is 4.26. The first-order valence-electron chi connectivity index (χ1n) is 8.49. The van der Waals surface area contributed by atoms with E-state index in [-0.39, 0.29) is 17.3 Å². The van der Waals surface area contributed by atoms with Gasteiger partial charge in [0.1, 0.15) is 5.75 Å². The summed E-state index contributed by atoms with van der Waals surface area (Å²) in [5.74, 6) is 2.71. The van der Waals surface area contributed by atoms with Crippen molar-refractivity contribution in [1.82, 2.24) is 14.6 Å². The number of ether oxygens (including phenoxy) is 1. The summed E-state index contributed by atoms with van der Waals surface area (Å²) < 4.78 is 31.8. The van der Waals surface area contributed by atoms with Gasteiger partial charge in [0.25, 0.3) is 5.91 Å². The number of carbonyl (C=O) groups excluding carboxylic acids is 1. The van der Waals surface area contributed by atoms with Crippen LogP contribution in [-0.4, -0.2) is 44.9 Å². The van der Waals surface area contributed by atoms with Crippen molar-refractivity contribution in [3.05, 3.63) is 52.8 Å². The molecule has 8 heteroatoms. The van der Waals surface area contributed by atoms with Gasteiger partial charge in [0.2, 0.25) is 10.0 Å². The number of nitrogens with one attached hydrogen (secondary N) is 1. The van der Waals surface area contributed by atoms with Gasteiger partial charge >= 0.3 is 0 Å². The summed E-state index contributed by atoms with van der Waals surface area (Å²) in [4.78, 5) is 18.7. The van der Waals surface area contributed by atoms with Crippen LogP contribution in [0.1, 0.15) is 27.2 Å². The fourth-order valence-corrected chi connectivity index (χ4v) is 3.68. The molecule has 148 valence electrons. The van der Waals surface area contributed by atoms with Crippen LogP contribution in [0.3, 0.4) is 0 Å². The van der Waals surface area contributed by atoms with Gasteiger partial charge in [-0.3, -0.25) is 9.78 Å². The molecule has 28 heavy (non-hydrogen) atoms. The van der Waals surface area contributed by atoms with Crippen molar-refractivity contribution in [3.8, 4) is 18.1 Å². The van der Waals surface area contributed by atoms with Crippen molar-refractivity contribution in [3.63, 3.8) is 0 Å². The van der Waals surface area contributed by atoms with Crippen LogP contribution in [0.25, 0.3) is 0 Å². The van der Waals surface area contributed by atoms with Gasteiger partial charge < -0.3 is 9.64 Å². The number of aromatic nitrogens is 1. The molecule has 0 spiro atoms. The second-order valence-corrected chi connectivity index (χ2v) is 8.03. The molecule has 0 aliphatic heterocycles. The van der Waals surface area contributed by atoms with Crippen LogP contribution in [0.5, 0.6) is 5.75 Å². The van der Waals surface area contributed by atoms with Crippen LogP contribution in [0.2, 0.25) is 0 Å². The minimum absolute atomic E-state index is 0.0442. The van der Waals surface area contributed by atoms with E-state index in [0.29, 0.717) is 12.1 Å². The molecule has 0 aliphatic carbocycles. The lowest BCUT2D eigenvalue weighted by molar-refractivity contribution is 0.0783. The normalized spacial score (nSPS) is 11.0. The van der Waals surface area contributed by atoms with Gasteiger partial charge in [0.05, 0.1) is 30.8 Å². The maximum absolute atomic E-state index is 12.7. The molecule has 7 nitrogen and oxygen atoms in total. The van der Waals surface area contributed by atoms with Crippen molar-refractivity contribution in [1.29, 1.82) is 0 Å². The number of aryl methyl sites for hydroxylation is 1. The van der Waals surface area contributed by atoms with Gasteiger partial charge in [-0.25, -0.2) is 8.42 Å². The van der Waals surface area contributed by atoms with Crippen LogP contribution in [0.15, 0.2) is 35.4 Å². The number of amides is 1. The zero-order chi connectivity index (χ0) is 20.9. The quantitative estimate of drug-likeness (QED) is 0.716. The summed E-state index contributed by atoms with van der Waals surface area (Å²) in [5.41, 5.74) is 2.90. The molecule has 0 saturated heterocycles. The van der Waals surface area contributed by atoms with Gasteiger partial charge in [-0.05, 0) is 38.1 Å². The summed E-state index contributed by atoms with van der Waals surface area (Å²) in [6.07, 6.45) is 6.78. The molecule has 1 aromatic carbocycles. The molecule has 0 saturated carbocycles. The van der Waals surface area contributed by atoms with E-state index in [1.54, 1.807) is 20.4 Å². The number of sulfonamides is 1. The molecule has 1 heterocycles. The SMILES string of the molecule is C#CCNS(=O)(=O)c1ccc(C(=O)N(C)Cc2ncc(C)c(OC)c2C)cc1. The third-order valence-corrected chi connectivity index (χ3v) is 5.68. The number of terminal acetylenes is 1. The second kappa shape index (κ2) is 8.87. The first-order chi connectivity index (χ1) is 13.2. The highest BCUT2D eigenvalue weighted by molar-refractivity contribution is 7.89. The summed E-state index contributed by atoms with van der Waals surface area (Å²) in [7, 11) is -0.432. The fraction of sp³-hybridized carbons (Fsp3) is 0.300. The van der Waals surface area contributed by atoms with E-state index in [1.807, 2.05) is 13.8 Å². The molecule has 0 radical (unpaired) electrons. The van der Waals surface area contributed by atoms with E-state index in [1.165, 1.54) is 29.2 Å². The Morgan fingerprint density at radius 1 is 1.29 bits per heavy atom. The molecule has 0 unspecified atom stereocenters. The first-order valence-corrected chi connectivity index (χ1v) is 9.97. The second-order valence-electron chi connectivity index (χ2n) is 6.26. The average Bonchev–Trinajstić information content (AvgIpc) is 2.68. The van der Waals surface area contributed by atoms with E-state index in [9.17, 15) is 13.2 Å². The first kappa shape index (κ1) is 21.4. The number of methoxy groups -OCH3 is 1. The Hall–Kier alpha value is -2.89. The minimum Gasteiger partial charge on any atom is -0.496 e. The van der Waals surface area contributed by atoms with Gasteiger partial charge in [0.15, 0.2) is 0 Å². The highest BCUT2D eigenvalue weighted by Crippen LogP contribution is 2.25. The Balaban J connectivity index is 2.17. The molecule has 1 amide bonds. The van der Waals surface area contributed by atoms with E-state index < -0.39 is 10.0 Å². The topological polar surface area (TPSA) is 88.6 Å². The van der Waals surface area contributed by atoms with Crippen molar-refractivity contribution in [2.24, 2.45) is 0 Å². The summed E-state index contributed by atoms with van der Waals surface area (Å²) in [6.45, 7) is 4.00. The molecule has 0 aliphatic rings. The van der Waals surface area contributed by atoms with Crippen LogP contribution in [-0.2, 0) is 16.6 Å². The highest BCUT2D eigenvalue weighted by Gasteiger charge is 2.18. The number of pyridine rings is 1. The van der Waals surface area contributed by atoms with Gasteiger partial charge in [0, 0.05) is 29.9 Å². The molecule has 2 aromatic rings. The summed E-state index contributed by atoms with van der Waals surface area (Å²) in [6, 6.07) is 5.69. The number of nitrogens with zero attached hydrogens (tertiary/aromatic N) is 2. The van der Waals surface area contributed by atoms with Crippen LogP contribution in [0.4, 0.5) is 0 Å². The van der Waals surface area contributed by atoms with Crippen LogP contribution >= 0.6 is 0 Å². The number of rotatable bonds is 7. The molecular formula is C20H23N3O4S. The summed E-state index contributed by atoms with van der Waals surface area (Å²) >= 11 is 0. The summed E-state index contributed by atoms with van der Waals surface area (Å²) in [5, 5.41) is 0. The Kier molecular flexibility index (Phi) is 6.78. The maximum Gasteiger partial charge on any atom is 0.253 e. The lowest BCUT2D eigenvalue weighted by atomic mass is 10.1. The zero-order valence-corrected chi connectivity index (χ0v) is 17.1. The molecule has 1 N–H and O–H groups in total. The smallest absolute Gasteiger partial charge is 0.253 e. The Morgan fingerprint density at radius 2 is 1.93 bits per heavy atom. The predicted molar refractivity (Wildman–Crippen MR) is 107 cm³/mol. The van der Waals surface area contributed by atoms with E-state index in [2.05, 4.69) is 15.6 Å². The fourth-order valence-electron chi connectivity index (χ4n) is 2.74.